The monoisotopic (exact) mass is 303 g/mol. The van der Waals surface area contributed by atoms with Crippen molar-refractivity contribution in [3.8, 4) is 0 Å². The van der Waals surface area contributed by atoms with Gasteiger partial charge in [0.05, 0.1) is 11.9 Å². The third kappa shape index (κ3) is 3.81. The van der Waals surface area contributed by atoms with Crippen LogP contribution in [-0.2, 0) is 11.3 Å². The van der Waals surface area contributed by atoms with E-state index in [-0.39, 0.29) is 11.6 Å². The van der Waals surface area contributed by atoms with Crippen LogP contribution >= 0.6 is 15.9 Å². The molecule has 0 aliphatic heterocycles. The van der Waals surface area contributed by atoms with E-state index < -0.39 is 0 Å². The Kier molecular flexibility index (Phi) is 5.64. The number of aryl methyl sites for hydroxylation is 1. The van der Waals surface area contributed by atoms with Crippen LogP contribution in [0.5, 0.6) is 0 Å². The number of hydrogen-bond donors (Lipinski definition) is 1. The second-order valence-electron chi connectivity index (χ2n) is 3.82. The van der Waals surface area contributed by atoms with Crippen LogP contribution in [0.4, 0.5) is 5.69 Å². The summed E-state index contributed by atoms with van der Waals surface area (Å²) in [6.45, 7) is 5.17. The molecule has 0 aromatic carbocycles. The highest BCUT2D eigenvalue weighted by Gasteiger charge is 2.10. The highest BCUT2D eigenvalue weighted by molar-refractivity contribution is 9.10. The average Bonchev–Trinajstić information content (AvgIpc) is 2.33. The molecule has 1 heterocycles. The first-order valence-corrected chi connectivity index (χ1v) is 6.40. The first kappa shape index (κ1) is 14.2. The quantitative estimate of drug-likeness (QED) is 0.871. The number of methoxy groups -OCH3 is 1. The zero-order valence-corrected chi connectivity index (χ0v) is 12.0. The second kappa shape index (κ2) is 6.76. The summed E-state index contributed by atoms with van der Waals surface area (Å²) < 4.78 is 6.95. The molecule has 0 saturated carbocycles. The molecule has 0 amide bonds. The average molecular weight is 304 g/mol. The molecule has 1 rings (SSSR count). The summed E-state index contributed by atoms with van der Waals surface area (Å²) in [6, 6.07) is 0.227. The summed E-state index contributed by atoms with van der Waals surface area (Å²) in [5.74, 6) is 0. The number of anilines is 1. The van der Waals surface area contributed by atoms with Gasteiger partial charge < -0.3 is 10.1 Å². The summed E-state index contributed by atoms with van der Waals surface area (Å²) in [5.41, 5.74) is 0.611. The van der Waals surface area contributed by atoms with Gasteiger partial charge in [-0.05, 0) is 36.2 Å². The fraction of sp³-hybridized carbons (Fsp3) is 0.636. The van der Waals surface area contributed by atoms with Crippen LogP contribution in [0, 0.1) is 0 Å². The van der Waals surface area contributed by atoms with Crippen molar-refractivity contribution in [2.24, 2.45) is 0 Å². The molecule has 5 nitrogen and oxygen atoms in total. The van der Waals surface area contributed by atoms with Crippen LogP contribution in [0.15, 0.2) is 15.5 Å². The van der Waals surface area contributed by atoms with Crippen molar-refractivity contribution in [3.05, 3.63) is 21.0 Å². The summed E-state index contributed by atoms with van der Waals surface area (Å²) in [4.78, 5) is 11.8. The van der Waals surface area contributed by atoms with E-state index in [0.717, 1.165) is 12.1 Å². The smallest absolute Gasteiger partial charge is 0.283 e. The molecule has 0 bridgehead atoms. The zero-order valence-electron chi connectivity index (χ0n) is 10.4. The normalized spacial score (nSPS) is 12.5. The standard InChI is InChI=1S/C11H18BrN3O2/c1-4-15-11(16)10(12)9(7-13-15)14-8(2)5-6-17-3/h7-8,14H,4-6H2,1-3H3. The topological polar surface area (TPSA) is 56.1 Å². The van der Waals surface area contributed by atoms with E-state index in [9.17, 15) is 4.79 Å². The summed E-state index contributed by atoms with van der Waals surface area (Å²) in [7, 11) is 1.67. The van der Waals surface area contributed by atoms with E-state index >= 15 is 0 Å². The fourth-order valence-corrected chi connectivity index (χ4v) is 1.84. The molecule has 96 valence electrons. The Morgan fingerprint density at radius 1 is 1.65 bits per heavy atom. The van der Waals surface area contributed by atoms with Crippen molar-refractivity contribution in [1.82, 2.24) is 9.78 Å². The Morgan fingerprint density at radius 2 is 2.35 bits per heavy atom. The first-order chi connectivity index (χ1) is 8.10. The number of ether oxygens (including phenoxy) is 1. The summed E-state index contributed by atoms with van der Waals surface area (Å²) >= 11 is 3.30. The molecular formula is C11H18BrN3O2. The van der Waals surface area contributed by atoms with Crippen LogP contribution in [0.2, 0.25) is 0 Å². The molecule has 1 aromatic rings. The summed E-state index contributed by atoms with van der Waals surface area (Å²) in [6.07, 6.45) is 2.54. The van der Waals surface area contributed by atoms with Gasteiger partial charge in [0.25, 0.3) is 5.56 Å². The van der Waals surface area contributed by atoms with Crippen LogP contribution in [0.3, 0.4) is 0 Å². The molecule has 0 saturated heterocycles. The van der Waals surface area contributed by atoms with E-state index in [2.05, 4.69) is 26.3 Å². The van der Waals surface area contributed by atoms with Crippen molar-refractivity contribution in [1.29, 1.82) is 0 Å². The molecule has 0 spiro atoms. The minimum absolute atomic E-state index is 0.114. The SMILES string of the molecule is CCn1ncc(NC(C)CCOC)c(Br)c1=O. The highest BCUT2D eigenvalue weighted by atomic mass is 79.9. The van der Waals surface area contributed by atoms with E-state index in [1.165, 1.54) is 4.68 Å². The highest BCUT2D eigenvalue weighted by Crippen LogP contribution is 2.17. The molecule has 1 atom stereocenters. The third-order valence-electron chi connectivity index (χ3n) is 2.44. The lowest BCUT2D eigenvalue weighted by atomic mass is 10.2. The predicted octanol–water partition coefficient (Wildman–Crippen LogP) is 1.86. The van der Waals surface area contributed by atoms with Crippen LogP contribution in [0.25, 0.3) is 0 Å². The number of aromatic nitrogens is 2. The summed E-state index contributed by atoms with van der Waals surface area (Å²) in [5, 5.41) is 7.31. The zero-order chi connectivity index (χ0) is 12.8. The Labute approximate surface area is 109 Å². The Hall–Kier alpha value is -0.880. The second-order valence-corrected chi connectivity index (χ2v) is 4.61. The maximum atomic E-state index is 11.8. The first-order valence-electron chi connectivity index (χ1n) is 5.61. The largest absolute Gasteiger partial charge is 0.385 e. The van der Waals surface area contributed by atoms with Gasteiger partial charge in [-0.15, -0.1) is 0 Å². The Bertz CT molecular complexity index is 420. The molecule has 6 heteroatoms. The van der Waals surface area contributed by atoms with E-state index in [4.69, 9.17) is 4.74 Å². The van der Waals surface area contributed by atoms with Gasteiger partial charge >= 0.3 is 0 Å². The fourth-order valence-electron chi connectivity index (χ4n) is 1.42. The molecule has 1 N–H and O–H groups in total. The number of rotatable bonds is 6. The van der Waals surface area contributed by atoms with Gasteiger partial charge in [-0.1, -0.05) is 0 Å². The maximum Gasteiger partial charge on any atom is 0.283 e. The van der Waals surface area contributed by atoms with Gasteiger partial charge in [0.1, 0.15) is 4.47 Å². The molecule has 0 fully saturated rings. The van der Waals surface area contributed by atoms with Gasteiger partial charge in [0.15, 0.2) is 0 Å². The minimum Gasteiger partial charge on any atom is -0.385 e. The minimum atomic E-state index is -0.114. The third-order valence-corrected chi connectivity index (χ3v) is 3.21. The van der Waals surface area contributed by atoms with Crippen molar-refractivity contribution < 1.29 is 4.74 Å². The van der Waals surface area contributed by atoms with Gasteiger partial charge in [0, 0.05) is 26.3 Å². The van der Waals surface area contributed by atoms with Crippen LogP contribution in [-0.4, -0.2) is 29.5 Å². The van der Waals surface area contributed by atoms with E-state index in [0.29, 0.717) is 17.6 Å². The molecular weight excluding hydrogens is 286 g/mol. The predicted molar refractivity (Wildman–Crippen MR) is 71.4 cm³/mol. The Balaban J connectivity index is 2.79. The lowest BCUT2D eigenvalue weighted by Gasteiger charge is -2.15. The van der Waals surface area contributed by atoms with Crippen LogP contribution in [0.1, 0.15) is 20.3 Å². The van der Waals surface area contributed by atoms with Crippen LogP contribution < -0.4 is 10.9 Å². The van der Waals surface area contributed by atoms with Crippen molar-refractivity contribution >= 4 is 21.6 Å². The lowest BCUT2D eigenvalue weighted by molar-refractivity contribution is 0.191. The lowest BCUT2D eigenvalue weighted by Crippen LogP contribution is -2.25. The van der Waals surface area contributed by atoms with E-state index in [1.54, 1.807) is 13.3 Å². The molecule has 17 heavy (non-hydrogen) atoms. The van der Waals surface area contributed by atoms with E-state index in [1.807, 2.05) is 13.8 Å². The molecule has 0 aliphatic rings. The number of halogens is 1. The van der Waals surface area contributed by atoms with Gasteiger partial charge in [0.2, 0.25) is 0 Å². The van der Waals surface area contributed by atoms with Crippen molar-refractivity contribution in [3.63, 3.8) is 0 Å². The molecule has 1 unspecified atom stereocenters. The van der Waals surface area contributed by atoms with Crippen molar-refractivity contribution in [2.75, 3.05) is 19.0 Å². The van der Waals surface area contributed by atoms with Gasteiger partial charge in [-0.2, -0.15) is 5.10 Å². The molecule has 0 aliphatic carbocycles. The van der Waals surface area contributed by atoms with Gasteiger partial charge in [-0.3, -0.25) is 4.79 Å². The molecule has 0 radical (unpaired) electrons. The van der Waals surface area contributed by atoms with Gasteiger partial charge in [-0.25, -0.2) is 4.68 Å². The number of nitrogens with zero attached hydrogens (tertiary/aromatic N) is 2. The van der Waals surface area contributed by atoms with Crippen molar-refractivity contribution in [2.45, 2.75) is 32.9 Å². The number of nitrogens with one attached hydrogen (secondary N) is 1. The maximum absolute atomic E-state index is 11.8. The number of hydrogen-bond acceptors (Lipinski definition) is 4. The Morgan fingerprint density at radius 3 is 2.94 bits per heavy atom. The molecule has 1 aromatic heterocycles.